The van der Waals surface area contributed by atoms with Crippen LogP contribution in [0.4, 0.5) is 31.1 Å². The molecule has 0 radical (unpaired) electrons. The molecule has 0 rings (SSSR count). The van der Waals surface area contributed by atoms with Gasteiger partial charge in [0.25, 0.3) is 0 Å². The van der Waals surface area contributed by atoms with Gasteiger partial charge in [-0.25, -0.2) is 4.79 Å². The van der Waals surface area contributed by atoms with Gasteiger partial charge in [-0.05, 0) is 13.0 Å². The second kappa shape index (κ2) is 9.69. The summed E-state index contributed by atoms with van der Waals surface area (Å²) in [5.41, 5.74) is -12.7. The van der Waals surface area contributed by atoms with Gasteiger partial charge in [0.15, 0.2) is 0 Å². The Morgan fingerprint density at radius 2 is 1.41 bits per heavy atom. The molecule has 16 heteroatoms. The van der Waals surface area contributed by atoms with Crippen LogP contribution in [0.3, 0.4) is 0 Å². The Balaban J connectivity index is 5.31. The van der Waals surface area contributed by atoms with Gasteiger partial charge in [-0.2, -0.15) is 26.3 Å². The van der Waals surface area contributed by atoms with Crippen LogP contribution in [0, 0.1) is 4.58 Å². The Morgan fingerprint density at radius 3 is 1.79 bits per heavy atom. The highest BCUT2D eigenvalue weighted by Gasteiger charge is 2.54. The number of sulfone groups is 2. The molecule has 0 saturated carbocycles. The molecule has 0 N–H and O–H groups in total. The molecule has 0 heterocycles. The SMILES string of the molecule is C=CC(=C)OCCOC(=O)OC(C)C[C-](S(=O)(=O)C(F)(F)F)S(=O)(=O)C(F)(F)F. The number of alkyl halides is 6. The summed E-state index contributed by atoms with van der Waals surface area (Å²) in [4.78, 5) is 11.3. The van der Waals surface area contributed by atoms with E-state index in [1.165, 1.54) is 6.08 Å². The quantitative estimate of drug-likeness (QED) is 0.118. The van der Waals surface area contributed by atoms with Crippen LogP contribution in [0.2, 0.25) is 0 Å². The molecule has 0 aromatic carbocycles. The van der Waals surface area contributed by atoms with Crippen LogP contribution < -0.4 is 0 Å². The lowest BCUT2D eigenvalue weighted by molar-refractivity contribution is -0.0459. The maximum absolute atomic E-state index is 12.6. The maximum Gasteiger partial charge on any atom is 0.508 e. The van der Waals surface area contributed by atoms with Crippen molar-refractivity contribution in [3.05, 3.63) is 29.6 Å². The first kappa shape index (κ1) is 27.0. The highest BCUT2D eigenvalue weighted by Crippen LogP contribution is 2.43. The molecule has 0 aliphatic heterocycles. The summed E-state index contributed by atoms with van der Waals surface area (Å²) in [5.74, 6) is 0.101. The molecule has 0 aromatic heterocycles. The van der Waals surface area contributed by atoms with Gasteiger partial charge in [-0.1, -0.05) is 17.7 Å². The predicted octanol–water partition coefficient (Wildman–Crippen LogP) is 2.99. The summed E-state index contributed by atoms with van der Waals surface area (Å²) in [6, 6.07) is 0. The molecule has 8 nitrogen and oxygen atoms in total. The van der Waals surface area contributed by atoms with Crippen molar-refractivity contribution in [1.82, 2.24) is 0 Å². The lowest BCUT2D eigenvalue weighted by Crippen LogP contribution is -2.41. The summed E-state index contributed by atoms with van der Waals surface area (Å²) in [6.45, 7) is 6.55. The van der Waals surface area contributed by atoms with Crippen molar-refractivity contribution in [1.29, 1.82) is 0 Å². The first-order valence-electron chi connectivity index (χ1n) is 7.14. The van der Waals surface area contributed by atoms with Gasteiger partial charge >= 0.3 is 17.2 Å². The molecule has 0 aliphatic rings. The van der Waals surface area contributed by atoms with Gasteiger partial charge in [0.1, 0.15) is 38.6 Å². The molecule has 1 atom stereocenters. The van der Waals surface area contributed by atoms with Crippen molar-refractivity contribution in [2.24, 2.45) is 0 Å². The van der Waals surface area contributed by atoms with E-state index >= 15 is 0 Å². The Morgan fingerprint density at radius 1 is 1.00 bits per heavy atom. The van der Waals surface area contributed by atoms with Crippen LogP contribution in [0.25, 0.3) is 0 Å². The van der Waals surface area contributed by atoms with Crippen molar-refractivity contribution in [3.8, 4) is 0 Å². The number of carbonyl (C=O) groups excluding carboxylic acids is 1. The summed E-state index contributed by atoms with van der Waals surface area (Å²) in [7, 11) is -13.8. The van der Waals surface area contributed by atoms with Gasteiger partial charge in [0.05, 0.1) is 6.10 Å². The molecule has 0 amide bonds. The molecular formula is C13H15F6O8S2-. The van der Waals surface area contributed by atoms with Crippen LogP contribution in [0.1, 0.15) is 13.3 Å². The van der Waals surface area contributed by atoms with Crippen LogP contribution in [0.15, 0.2) is 25.0 Å². The van der Waals surface area contributed by atoms with Gasteiger partial charge in [-0.3, -0.25) is 16.8 Å². The van der Waals surface area contributed by atoms with Crippen LogP contribution >= 0.6 is 0 Å². The van der Waals surface area contributed by atoms with Crippen LogP contribution in [-0.4, -0.2) is 53.3 Å². The molecule has 29 heavy (non-hydrogen) atoms. The van der Waals surface area contributed by atoms with E-state index in [-0.39, 0.29) is 12.4 Å². The topological polar surface area (TPSA) is 113 Å². The number of carbonyl (C=O) groups is 1. The zero-order valence-electron chi connectivity index (χ0n) is 14.5. The molecule has 0 bridgehead atoms. The minimum absolute atomic E-state index is 0.101. The second-order valence-electron chi connectivity index (χ2n) is 5.02. The average molecular weight is 477 g/mol. The lowest BCUT2D eigenvalue weighted by atomic mass is 10.3. The average Bonchev–Trinajstić information content (AvgIpc) is 2.53. The number of rotatable bonds is 10. The van der Waals surface area contributed by atoms with Gasteiger partial charge in [0.2, 0.25) is 0 Å². The molecular weight excluding hydrogens is 462 g/mol. The van der Waals surface area contributed by atoms with E-state index in [9.17, 15) is 48.0 Å². The third-order valence-corrected chi connectivity index (χ3v) is 6.85. The van der Waals surface area contributed by atoms with Gasteiger partial charge in [0, 0.05) is 0 Å². The van der Waals surface area contributed by atoms with Crippen molar-refractivity contribution < 1.29 is 62.2 Å². The van der Waals surface area contributed by atoms with Gasteiger partial charge in [-0.15, -0.1) is 6.42 Å². The molecule has 170 valence electrons. The Kier molecular flexibility index (Phi) is 9.03. The van der Waals surface area contributed by atoms with Crippen LogP contribution in [0.5, 0.6) is 0 Å². The third-order valence-electron chi connectivity index (χ3n) is 2.78. The highest BCUT2D eigenvalue weighted by atomic mass is 32.3. The summed E-state index contributed by atoms with van der Waals surface area (Å²) in [6.07, 6.45) is -4.39. The fourth-order valence-electron chi connectivity index (χ4n) is 1.45. The standard InChI is InChI=1S/C13H15F6O8S2/c1-4-8(2)25-5-6-26-11(20)27-9(3)7-10(28(21,22)12(14,15)16)29(23,24)13(17,18)19/h4,9H,1-2,5-7H2,3H3/q-1. The zero-order valence-corrected chi connectivity index (χ0v) is 16.2. The zero-order chi connectivity index (χ0) is 23.3. The largest absolute Gasteiger partial charge is 0.508 e. The van der Waals surface area contributed by atoms with Crippen LogP contribution in [-0.2, 0) is 33.9 Å². The van der Waals surface area contributed by atoms with E-state index in [1.807, 2.05) is 0 Å². The van der Waals surface area contributed by atoms with Crippen molar-refractivity contribution >= 4 is 25.8 Å². The number of hydrogen-bond acceptors (Lipinski definition) is 8. The van der Waals surface area contributed by atoms with E-state index in [2.05, 4.69) is 22.6 Å². The minimum atomic E-state index is -6.91. The van der Waals surface area contributed by atoms with E-state index in [0.29, 0.717) is 6.92 Å². The summed E-state index contributed by atoms with van der Waals surface area (Å²) in [5, 5.41) is 0. The first-order chi connectivity index (χ1) is 12.9. The summed E-state index contributed by atoms with van der Waals surface area (Å²) >= 11 is 0. The molecule has 0 saturated heterocycles. The molecule has 0 aliphatic carbocycles. The number of ether oxygens (including phenoxy) is 3. The fraction of sp³-hybridized carbons (Fsp3) is 0.538. The fourth-order valence-corrected chi connectivity index (χ4v) is 4.60. The first-order valence-corrected chi connectivity index (χ1v) is 10.1. The molecule has 0 spiro atoms. The van der Waals surface area contributed by atoms with Crippen molar-refractivity contribution in [2.45, 2.75) is 30.5 Å². The van der Waals surface area contributed by atoms with Crippen molar-refractivity contribution in [3.63, 3.8) is 0 Å². The Bertz CT molecular complexity index is 769. The van der Waals surface area contributed by atoms with E-state index in [0.717, 1.165) is 0 Å². The third kappa shape index (κ3) is 7.41. The smallest absolute Gasteiger partial charge is 0.491 e. The molecule has 1 unspecified atom stereocenters. The number of halogens is 6. The molecule has 0 aromatic rings. The maximum atomic E-state index is 12.6. The van der Waals surface area contributed by atoms with E-state index in [4.69, 9.17) is 4.74 Å². The Labute approximate surface area is 161 Å². The number of allylic oxidation sites excluding steroid dienone is 1. The molecule has 0 fully saturated rings. The highest BCUT2D eigenvalue weighted by molar-refractivity contribution is 8.13. The Hall–Kier alpha value is -1.97. The minimum Gasteiger partial charge on any atom is -0.491 e. The van der Waals surface area contributed by atoms with E-state index in [1.54, 1.807) is 0 Å². The van der Waals surface area contributed by atoms with Crippen molar-refractivity contribution in [2.75, 3.05) is 13.2 Å². The normalized spacial score (nSPS) is 14.2. The predicted molar refractivity (Wildman–Crippen MR) is 85.0 cm³/mol. The summed E-state index contributed by atoms with van der Waals surface area (Å²) < 4.78 is 132. The van der Waals surface area contributed by atoms with E-state index < -0.39 is 60.6 Å². The second-order valence-corrected chi connectivity index (χ2v) is 9.20. The number of hydrogen-bond donors (Lipinski definition) is 0. The lowest BCUT2D eigenvalue weighted by Gasteiger charge is -2.33. The monoisotopic (exact) mass is 477 g/mol. The van der Waals surface area contributed by atoms with Gasteiger partial charge < -0.3 is 14.2 Å².